The standard InChI is InChI=1S/C27H21N5O/c1-18-11-12-23-24(13-18)31-27(30-23)19(15-28)14-20-16-32(25-10-6-5-9-22(20)25)17-26(33)29-21-7-3-2-4-8-21/h2-14,16H,17H2,1H3,(H,29,33)(H,30,31). The first kappa shape index (κ1) is 20.3. The van der Waals surface area contributed by atoms with Gasteiger partial charge in [-0.15, -0.1) is 0 Å². The second kappa shape index (κ2) is 8.48. The molecule has 2 aromatic heterocycles. The highest BCUT2D eigenvalue weighted by atomic mass is 16.1. The fourth-order valence-electron chi connectivity index (χ4n) is 3.96. The van der Waals surface area contributed by atoms with E-state index in [0.717, 1.165) is 38.8 Å². The molecule has 0 unspecified atom stereocenters. The normalized spacial score (nSPS) is 11.6. The number of hydrogen-bond donors (Lipinski definition) is 2. The van der Waals surface area contributed by atoms with E-state index < -0.39 is 0 Å². The molecule has 2 heterocycles. The second-order valence-corrected chi connectivity index (χ2v) is 7.92. The molecule has 5 aromatic rings. The van der Waals surface area contributed by atoms with Gasteiger partial charge in [0.15, 0.2) is 0 Å². The number of aromatic nitrogens is 3. The molecule has 0 radical (unpaired) electrons. The molecule has 1 amide bonds. The van der Waals surface area contributed by atoms with Crippen LogP contribution in [0, 0.1) is 18.3 Å². The predicted molar refractivity (Wildman–Crippen MR) is 131 cm³/mol. The van der Waals surface area contributed by atoms with Gasteiger partial charge in [-0.1, -0.05) is 42.5 Å². The van der Waals surface area contributed by atoms with Gasteiger partial charge in [0.25, 0.3) is 0 Å². The third kappa shape index (κ3) is 4.12. The zero-order valence-electron chi connectivity index (χ0n) is 18.0. The lowest BCUT2D eigenvalue weighted by Gasteiger charge is -2.07. The van der Waals surface area contributed by atoms with Crippen LogP contribution < -0.4 is 5.32 Å². The number of nitrogens with zero attached hydrogens (tertiary/aromatic N) is 3. The minimum atomic E-state index is -0.120. The molecule has 0 spiro atoms. The van der Waals surface area contributed by atoms with Crippen molar-refractivity contribution in [2.45, 2.75) is 13.5 Å². The Kier molecular flexibility index (Phi) is 5.21. The first-order chi connectivity index (χ1) is 16.1. The number of nitrogens with one attached hydrogen (secondary N) is 2. The van der Waals surface area contributed by atoms with Crippen molar-refractivity contribution in [1.82, 2.24) is 14.5 Å². The fourth-order valence-corrected chi connectivity index (χ4v) is 3.96. The molecule has 33 heavy (non-hydrogen) atoms. The van der Waals surface area contributed by atoms with Crippen LogP contribution in [0.5, 0.6) is 0 Å². The van der Waals surface area contributed by atoms with E-state index >= 15 is 0 Å². The summed E-state index contributed by atoms with van der Waals surface area (Å²) in [7, 11) is 0. The Hall–Kier alpha value is -4.63. The summed E-state index contributed by atoms with van der Waals surface area (Å²) in [5.74, 6) is 0.405. The second-order valence-electron chi connectivity index (χ2n) is 7.92. The molecule has 0 saturated carbocycles. The number of amides is 1. The maximum absolute atomic E-state index is 12.6. The van der Waals surface area contributed by atoms with E-state index in [9.17, 15) is 10.1 Å². The van der Waals surface area contributed by atoms with Gasteiger partial charge >= 0.3 is 0 Å². The molecule has 0 bridgehead atoms. The largest absolute Gasteiger partial charge is 0.337 e. The van der Waals surface area contributed by atoms with Crippen molar-refractivity contribution in [2.75, 3.05) is 5.32 Å². The van der Waals surface area contributed by atoms with Crippen LogP contribution in [0.3, 0.4) is 0 Å². The summed E-state index contributed by atoms with van der Waals surface area (Å²) in [6.07, 6.45) is 3.72. The number of imidazole rings is 1. The highest BCUT2D eigenvalue weighted by molar-refractivity contribution is 5.99. The smallest absolute Gasteiger partial charge is 0.244 e. The lowest BCUT2D eigenvalue weighted by Crippen LogP contribution is -2.18. The Morgan fingerprint density at radius 1 is 1.12 bits per heavy atom. The van der Waals surface area contributed by atoms with Gasteiger partial charge < -0.3 is 14.9 Å². The van der Waals surface area contributed by atoms with Crippen LogP contribution in [0.15, 0.2) is 79.0 Å². The minimum Gasteiger partial charge on any atom is -0.337 e. The summed E-state index contributed by atoms with van der Waals surface area (Å²) in [6, 6.07) is 25.4. The van der Waals surface area contributed by atoms with Crippen molar-refractivity contribution in [3.63, 3.8) is 0 Å². The van der Waals surface area contributed by atoms with E-state index in [-0.39, 0.29) is 12.5 Å². The molecule has 3 aromatic carbocycles. The van der Waals surface area contributed by atoms with Crippen LogP contribution in [0.4, 0.5) is 5.69 Å². The van der Waals surface area contributed by atoms with E-state index in [4.69, 9.17) is 0 Å². The van der Waals surface area contributed by atoms with Crippen LogP contribution >= 0.6 is 0 Å². The third-order valence-corrected chi connectivity index (χ3v) is 5.50. The Morgan fingerprint density at radius 3 is 2.73 bits per heavy atom. The van der Waals surface area contributed by atoms with Crippen molar-refractivity contribution in [3.8, 4) is 6.07 Å². The van der Waals surface area contributed by atoms with Gasteiger partial charge in [0, 0.05) is 28.4 Å². The third-order valence-electron chi connectivity index (χ3n) is 5.50. The number of carbonyl (C=O) groups excluding carboxylic acids is 1. The molecule has 0 saturated heterocycles. The van der Waals surface area contributed by atoms with Crippen molar-refractivity contribution in [2.24, 2.45) is 0 Å². The number of anilines is 1. The van der Waals surface area contributed by atoms with Crippen molar-refractivity contribution in [1.29, 1.82) is 5.26 Å². The number of fused-ring (bicyclic) bond motifs is 2. The number of para-hydroxylation sites is 2. The van der Waals surface area contributed by atoms with E-state index in [1.807, 2.05) is 96.6 Å². The number of carbonyl (C=O) groups is 1. The lowest BCUT2D eigenvalue weighted by molar-refractivity contribution is -0.116. The number of benzene rings is 3. The van der Waals surface area contributed by atoms with Crippen molar-refractivity contribution in [3.05, 3.63) is 95.9 Å². The molecule has 5 rings (SSSR count). The number of H-pyrrole nitrogens is 1. The molecule has 160 valence electrons. The zero-order valence-corrected chi connectivity index (χ0v) is 18.0. The Morgan fingerprint density at radius 2 is 1.91 bits per heavy atom. The Balaban J connectivity index is 1.50. The van der Waals surface area contributed by atoms with E-state index in [2.05, 4.69) is 21.4 Å². The summed E-state index contributed by atoms with van der Waals surface area (Å²) in [4.78, 5) is 20.5. The van der Waals surface area contributed by atoms with Gasteiger partial charge in [0.2, 0.25) is 5.91 Å². The number of aryl methyl sites for hydroxylation is 1. The molecular weight excluding hydrogens is 410 g/mol. The quantitative estimate of drug-likeness (QED) is 0.359. The highest BCUT2D eigenvalue weighted by Crippen LogP contribution is 2.26. The highest BCUT2D eigenvalue weighted by Gasteiger charge is 2.13. The summed E-state index contributed by atoms with van der Waals surface area (Å²) in [6.45, 7) is 2.18. The van der Waals surface area contributed by atoms with E-state index in [1.165, 1.54) is 0 Å². The Bertz CT molecular complexity index is 1550. The average molecular weight is 431 g/mol. The van der Waals surface area contributed by atoms with E-state index in [1.54, 1.807) is 0 Å². The van der Waals surface area contributed by atoms with Gasteiger partial charge in [-0.2, -0.15) is 5.26 Å². The summed E-state index contributed by atoms with van der Waals surface area (Å²) >= 11 is 0. The van der Waals surface area contributed by atoms with Crippen LogP contribution in [0.25, 0.3) is 33.6 Å². The molecule has 0 aliphatic carbocycles. The van der Waals surface area contributed by atoms with Crippen LogP contribution in [-0.4, -0.2) is 20.4 Å². The van der Waals surface area contributed by atoms with Crippen LogP contribution in [-0.2, 0) is 11.3 Å². The van der Waals surface area contributed by atoms with Crippen LogP contribution in [0.2, 0.25) is 0 Å². The fraction of sp³-hybridized carbons (Fsp3) is 0.0741. The molecule has 0 fully saturated rings. The monoisotopic (exact) mass is 431 g/mol. The van der Waals surface area contributed by atoms with Gasteiger partial charge in [0.1, 0.15) is 18.4 Å². The SMILES string of the molecule is Cc1ccc2nc(C(C#N)=Cc3cn(CC(=O)Nc4ccccc4)c4ccccc34)[nH]c2c1. The van der Waals surface area contributed by atoms with Gasteiger partial charge in [-0.3, -0.25) is 4.79 Å². The Labute approximate surface area is 190 Å². The molecule has 0 aliphatic rings. The maximum atomic E-state index is 12.6. The number of hydrogen-bond acceptors (Lipinski definition) is 3. The molecule has 2 N–H and O–H groups in total. The molecular formula is C27H21N5O. The van der Waals surface area contributed by atoms with Gasteiger partial charge in [0.05, 0.1) is 16.6 Å². The van der Waals surface area contributed by atoms with E-state index in [0.29, 0.717) is 11.4 Å². The topological polar surface area (TPSA) is 86.5 Å². The van der Waals surface area contributed by atoms with Gasteiger partial charge in [-0.05, 0) is 48.9 Å². The van der Waals surface area contributed by atoms with Gasteiger partial charge in [-0.25, -0.2) is 4.98 Å². The van der Waals surface area contributed by atoms with Crippen molar-refractivity contribution < 1.29 is 4.79 Å². The average Bonchev–Trinajstić information content (AvgIpc) is 3.39. The number of rotatable bonds is 5. The molecule has 0 aliphatic heterocycles. The minimum absolute atomic E-state index is 0.120. The number of allylic oxidation sites excluding steroid dienone is 1. The lowest BCUT2D eigenvalue weighted by atomic mass is 10.1. The number of nitriles is 1. The zero-order chi connectivity index (χ0) is 22.8. The van der Waals surface area contributed by atoms with Crippen molar-refractivity contribution >= 4 is 45.2 Å². The molecule has 6 nitrogen and oxygen atoms in total. The molecule has 6 heteroatoms. The van der Waals surface area contributed by atoms with Crippen LogP contribution in [0.1, 0.15) is 17.0 Å². The summed E-state index contributed by atoms with van der Waals surface area (Å²) < 4.78 is 1.90. The summed E-state index contributed by atoms with van der Waals surface area (Å²) in [5.41, 5.74) is 5.79. The number of aromatic amines is 1. The first-order valence-corrected chi connectivity index (χ1v) is 10.6. The predicted octanol–water partition coefficient (Wildman–Crippen LogP) is 5.53. The summed E-state index contributed by atoms with van der Waals surface area (Å²) in [5, 5.41) is 13.7. The maximum Gasteiger partial charge on any atom is 0.244 e. The molecule has 0 atom stereocenters. The first-order valence-electron chi connectivity index (χ1n) is 10.6.